The Kier molecular flexibility index (Phi) is 2.60. The van der Waals surface area contributed by atoms with Gasteiger partial charge in [-0.1, -0.05) is 6.07 Å². The Labute approximate surface area is 90.4 Å². The first-order chi connectivity index (χ1) is 7.18. The van der Waals surface area contributed by atoms with Gasteiger partial charge in [0.1, 0.15) is 11.5 Å². The van der Waals surface area contributed by atoms with Crippen LogP contribution in [0.2, 0.25) is 0 Å². The van der Waals surface area contributed by atoms with Gasteiger partial charge in [0.2, 0.25) is 5.78 Å². The molecule has 0 saturated carbocycles. The molecule has 1 aromatic heterocycles. The minimum Gasteiger partial charge on any atom is -0.287 e. The average molecular weight is 221 g/mol. The average Bonchev–Trinajstić information content (AvgIpc) is 2.74. The number of carbonyl (C=O) groups excluding carboxylic acids is 1. The molecular weight excluding hydrogens is 213 g/mol. The molecule has 0 amide bonds. The number of aryl methyl sites for hydroxylation is 1. The molecule has 0 atom stereocenters. The molecule has 0 bridgehead atoms. The highest BCUT2D eigenvalue weighted by molar-refractivity contribution is 7.07. The van der Waals surface area contributed by atoms with Crippen molar-refractivity contribution in [2.45, 2.75) is 6.92 Å². The Bertz CT molecular complexity index is 493. The number of benzene rings is 1. The number of ketones is 1. The number of rotatable bonds is 2. The summed E-state index contributed by atoms with van der Waals surface area (Å²) in [5, 5.41) is 1.66. The summed E-state index contributed by atoms with van der Waals surface area (Å²) in [7, 11) is 0. The maximum atomic E-state index is 13.0. The minimum absolute atomic E-state index is 0.228. The fraction of sp³-hybridized carbons (Fsp3) is 0.0909. The van der Waals surface area contributed by atoms with Gasteiger partial charge in [-0.05, 0) is 24.6 Å². The zero-order valence-electron chi connectivity index (χ0n) is 8.03. The van der Waals surface area contributed by atoms with Gasteiger partial charge in [-0.15, -0.1) is 11.3 Å². The second kappa shape index (κ2) is 3.90. The third-order valence-electron chi connectivity index (χ3n) is 2.11. The Morgan fingerprint density at radius 1 is 1.47 bits per heavy atom. The molecule has 15 heavy (non-hydrogen) atoms. The number of thiazole rings is 1. The van der Waals surface area contributed by atoms with Crippen molar-refractivity contribution in [3.8, 4) is 0 Å². The van der Waals surface area contributed by atoms with Crippen LogP contribution in [0.25, 0.3) is 0 Å². The third kappa shape index (κ3) is 1.94. The van der Waals surface area contributed by atoms with Crippen LogP contribution < -0.4 is 0 Å². The molecule has 0 spiro atoms. The molecule has 0 aliphatic heterocycles. The Morgan fingerprint density at radius 2 is 2.27 bits per heavy atom. The first-order valence-electron chi connectivity index (χ1n) is 4.37. The molecule has 2 rings (SSSR count). The summed E-state index contributed by atoms with van der Waals surface area (Å²) in [4.78, 5) is 15.8. The van der Waals surface area contributed by atoms with E-state index in [0.29, 0.717) is 11.3 Å². The molecule has 1 aromatic carbocycles. The van der Waals surface area contributed by atoms with E-state index < -0.39 is 5.82 Å². The lowest BCUT2D eigenvalue weighted by atomic mass is 10.0. The summed E-state index contributed by atoms with van der Waals surface area (Å²) < 4.78 is 13.0. The molecule has 2 nitrogen and oxygen atoms in total. The van der Waals surface area contributed by atoms with Gasteiger partial charge in [-0.2, -0.15) is 0 Å². The molecule has 0 fully saturated rings. The largest absolute Gasteiger partial charge is 0.287 e. The zero-order valence-corrected chi connectivity index (χ0v) is 8.84. The lowest BCUT2D eigenvalue weighted by molar-refractivity contribution is 0.103. The molecule has 0 aliphatic carbocycles. The van der Waals surface area contributed by atoms with Crippen LogP contribution in [-0.4, -0.2) is 10.8 Å². The van der Waals surface area contributed by atoms with Gasteiger partial charge in [0.15, 0.2) is 0 Å². The predicted octanol–water partition coefficient (Wildman–Crippen LogP) is 2.82. The number of aromatic nitrogens is 1. The van der Waals surface area contributed by atoms with Gasteiger partial charge in [0.05, 0.1) is 5.51 Å². The van der Waals surface area contributed by atoms with Crippen molar-refractivity contribution in [1.82, 2.24) is 4.98 Å². The molecular formula is C11H8FNOS. The van der Waals surface area contributed by atoms with Gasteiger partial charge in [0, 0.05) is 10.9 Å². The number of halogens is 1. The van der Waals surface area contributed by atoms with Gasteiger partial charge in [-0.3, -0.25) is 4.79 Å². The van der Waals surface area contributed by atoms with E-state index in [1.165, 1.54) is 23.5 Å². The number of nitrogens with zero attached hydrogens (tertiary/aromatic N) is 1. The second-order valence-corrected chi connectivity index (χ2v) is 3.88. The monoisotopic (exact) mass is 221 g/mol. The molecule has 0 radical (unpaired) electrons. The van der Waals surface area contributed by atoms with E-state index in [9.17, 15) is 9.18 Å². The first kappa shape index (κ1) is 9.98. The van der Waals surface area contributed by atoms with E-state index in [2.05, 4.69) is 4.98 Å². The molecule has 0 saturated heterocycles. The normalized spacial score (nSPS) is 10.3. The van der Waals surface area contributed by atoms with E-state index in [1.54, 1.807) is 23.9 Å². The Balaban J connectivity index is 2.46. The van der Waals surface area contributed by atoms with Gasteiger partial charge in [-0.25, -0.2) is 9.37 Å². The first-order valence-corrected chi connectivity index (χ1v) is 5.32. The summed E-state index contributed by atoms with van der Waals surface area (Å²) in [6.07, 6.45) is 0. The van der Waals surface area contributed by atoms with Crippen LogP contribution in [0.1, 0.15) is 21.6 Å². The molecule has 0 N–H and O–H groups in total. The standard InChI is InChI=1S/C11H8FNOS/c1-7-2-3-8(12)4-9(7)11(14)10-5-15-6-13-10/h2-6H,1H3. The Morgan fingerprint density at radius 3 is 2.93 bits per heavy atom. The lowest BCUT2D eigenvalue weighted by Gasteiger charge is -2.02. The van der Waals surface area contributed by atoms with Gasteiger partial charge < -0.3 is 0 Å². The van der Waals surface area contributed by atoms with Crippen LogP contribution in [0.4, 0.5) is 4.39 Å². The highest BCUT2D eigenvalue weighted by Crippen LogP contribution is 2.15. The molecule has 0 aliphatic rings. The highest BCUT2D eigenvalue weighted by atomic mass is 32.1. The quantitative estimate of drug-likeness (QED) is 0.730. The lowest BCUT2D eigenvalue weighted by Crippen LogP contribution is -2.04. The van der Waals surface area contributed by atoms with Crippen LogP contribution in [-0.2, 0) is 0 Å². The minimum atomic E-state index is -0.404. The van der Waals surface area contributed by atoms with Crippen molar-refractivity contribution in [2.75, 3.05) is 0 Å². The highest BCUT2D eigenvalue weighted by Gasteiger charge is 2.13. The second-order valence-electron chi connectivity index (χ2n) is 3.16. The predicted molar refractivity (Wildman–Crippen MR) is 56.7 cm³/mol. The van der Waals surface area contributed by atoms with Crippen molar-refractivity contribution in [3.63, 3.8) is 0 Å². The molecule has 76 valence electrons. The Hall–Kier alpha value is -1.55. The van der Waals surface area contributed by atoms with Crippen molar-refractivity contribution in [2.24, 2.45) is 0 Å². The van der Waals surface area contributed by atoms with Crippen molar-refractivity contribution < 1.29 is 9.18 Å². The van der Waals surface area contributed by atoms with Crippen molar-refractivity contribution in [1.29, 1.82) is 0 Å². The molecule has 1 heterocycles. The summed E-state index contributed by atoms with van der Waals surface area (Å²) in [6, 6.07) is 4.18. The van der Waals surface area contributed by atoms with Crippen LogP contribution >= 0.6 is 11.3 Å². The maximum Gasteiger partial charge on any atom is 0.212 e. The fourth-order valence-corrected chi connectivity index (χ4v) is 1.83. The van der Waals surface area contributed by atoms with Crippen LogP contribution in [0.5, 0.6) is 0 Å². The van der Waals surface area contributed by atoms with E-state index >= 15 is 0 Å². The molecule has 2 aromatic rings. The number of hydrogen-bond donors (Lipinski definition) is 0. The van der Waals surface area contributed by atoms with Crippen LogP contribution in [0, 0.1) is 12.7 Å². The van der Waals surface area contributed by atoms with Crippen molar-refractivity contribution >= 4 is 17.1 Å². The SMILES string of the molecule is Cc1ccc(F)cc1C(=O)c1cscn1. The molecule has 4 heteroatoms. The maximum absolute atomic E-state index is 13.0. The number of carbonyl (C=O) groups is 1. The summed E-state index contributed by atoms with van der Waals surface area (Å²) in [5.74, 6) is -0.632. The van der Waals surface area contributed by atoms with Gasteiger partial charge in [0.25, 0.3) is 0 Å². The van der Waals surface area contributed by atoms with E-state index in [0.717, 1.165) is 5.56 Å². The van der Waals surface area contributed by atoms with Crippen LogP contribution in [0.15, 0.2) is 29.1 Å². The van der Waals surface area contributed by atoms with Crippen molar-refractivity contribution in [3.05, 3.63) is 51.7 Å². The molecule has 0 unspecified atom stereocenters. The number of hydrogen-bond acceptors (Lipinski definition) is 3. The third-order valence-corrected chi connectivity index (χ3v) is 2.70. The fourth-order valence-electron chi connectivity index (χ4n) is 1.30. The zero-order chi connectivity index (χ0) is 10.8. The van der Waals surface area contributed by atoms with E-state index in [-0.39, 0.29) is 5.78 Å². The van der Waals surface area contributed by atoms with Gasteiger partial charge >= 0.3 is 0 Å². The smallest absolute Gasteiger partial charge is 0.212 e. The topological polar surface area (TPSA) is 30.0 Å². The van der Waals surface area contributed by atoms with E-state index in [1.807, 2.05) is 0 Å². The summed E-state index contributed by atoms with van der Waals surface area (Å²) in [5.41, 5.74) is 3.09. The van der Waals surface area contributed by atoms with E-state index in [4.69, 9.17) is 0 Å². The van der Waals surface area contributed by atoms with Crippen LogP contribution in [0.3, 0.4) is 0 Å². The summed E-state index contributed by atoms with van der Waals surface area (Å²) >= 11 is 1.35. The summed E-state index contributed by atoms with van der Waals surface area (Å²) in [6.45, 7) is 1.78.